The summed E-state index contributed by atoms with van der Waals surface area (Å²) in [7, 11) is 1.17. The zero-order valence-electron chi connectivity index (χ0n) is 32.7. The van der Waals surface area contributed by atoms with E-state index in [1.807, 2.05) is 4.90 Å². The fourth-order valence-corrected chi connectivity index (χ4v) is 5.32. The minimum Gasteiger partial charge on any atom is -0.512 e. The van der Waals surface area contributed by atoms with E-state index in [0.29, 0.717) is 52.4 Å². The van der Waals surface area contributed by atoms with Gasteiger partial charge in [-0.1, -0.05) is 6.58 Å². The van der Waals surface area contributed by atoms with Crippen LogP contribution in [0, 0.1) is 79.9 Å². The van der Waals surface area contributed by atoms with Crippen molar-refractivity contribution >= 4 is 47.8 Å². The fourth-order valence-electron chi connectivity index (χ4n) is 5.32. The second kappa shape index (κ2) is 36.3. The minimum absolute atomic E-state index is 0. The standard InChI is InChI=1S/C17H30N4O7.C15H25N3O10.2Gd.H2O/c1-14(22)10-18-2-4-19(11-15(23)24)6-8-21(13-17(27)28)9-7-20(5-3-18)12-16(25)26;1-28-15(27)10-16(2-4-17(6-11(19)20)7-12(21)22)3-5-18(8-13(23)24)9-14(25)26;;;/h22H,1-13H2,(H,23,24)(H,25,26)(H,27,28);2-10H2,1H3,(H,19,20)(H,21,22)(H,23,24)(H,25,26);;;1H2/q;;;+3;/p+1. The molecule has 1 saturated heterocycles. The average molecular weight is 1140 g/mol. The summed E-state index contributed by atoms with van der Waals surface area (Å²) in [6.07, 6.45) is 0. The molecule has 1 aliphatic rings. The van der Waals surface area contributed by atoms with E-state index < -0.39 is 73.9 Å². The van der Waals surface area contributed by atoms with E-state index in [0.717, 1.165) is 9.80 Å². The molecule has 0 atom stereocenters. The van der Waals surface area contributed by atoms with Crippen LogP contribution in [-0.4, -0.2) is 267 Å². The molecule has 0 saturated carbocycles. The normalized spacial score (nSPS) is 14.4. The number of carbonyl (C=O) groups excluding carboxylic acids is 1. The van der Waals surface area contributed by atoms with Crippen molar-refractivity contribution in [3.63, 3.8) is 0 Å². The third-order valence-electron chi connectivity index (χ3n) is 7.89. The molecule has 27 heteroatoms. The number of carboxylic acid groups (broad SMARTS) is 7. The van der Waals surface area contributed by atoms with E-state index in [9.17, 15) is 43.5 Å². The molecular weight excluding hydrogens is 1080 g/mol. The molecule has 0 spiro atoms. The number of methoxy groups -OCH3 is 1. The molecule has 0 aromatic heterocycles. The van der Waals surface area contributed by atoms with Gasteiger partial charge in [-0.2, -0.15) is 0 Å². The first-order valence-corrected chi connectivity index (χ1v) is 17.2. The van der Waals surface area contributed by atoms with Gasteiger partial charge in [-0.05, 0) is 0 Å². The molecule has 0 aromatic carbocycles. The molecule has 0 aromatic rings. The summed E-state index contributed by atoms with van der Waals surface area (Å²) < 4.78 is 4.57. The molecule has 341 valence electrons. The van der Waals surface area contributed by atoms with Crippen LogP contribution in [0.15, 0.2) is 12.3 Å². The Hall–Kier alpha value is -2.37. The largest absolute Gasteiger partial charge is 3.00 e. The van der Waals surface area contributed by atoms with E-state index in [-0.39, 0.29) is 150 Å². The van der Waals surface area contributed by atoms with Crippen LogP contribution in [0.25, 0.3) is 0 Å². The summed E-state index contributed by atoms with van der Waals surface area (Å²) in [4.78, 5) is 99.1. The van der Waals surface area contributed by atoms with Crippen molar-refractivity contribution in [1.82, 2.24) is 34.3 Å². The molecule has 0 amide bonds. The predicted octanol–water partition coefficient (Wildman–Crippen LogP) is -4.98. The zero-order valence-corrected chi connectivity index (χ0v) is 37.3. The van der Waals surface area contributed by atoms with Crippen LogP contribution in [0.5, 0.6) is 0 Å². The van der Waals surface area contributed by atoms with Crippen LogP contribution in [0.3, 0.4) is 0 Å². The molecule has 1 heterocycles. The summed E-state index contributed by atoms with van der Waals surface area (Å²) in [6.45, 7) is 4.31. The Morgan fingerprint density at radius 1 is 0.458 bits per heavy atom. The Morgan fingerprint density at radius 3 is 0.898 bits per heavy atom. The molecular formula is C32H58Gd2N7O18+4. The summed E-state index contributed by atoms with van der Waals surface area (Å²) in [6, 6.07) is 0. The van der Waals surface area contributed by atoms with Gasteiger partial charge in [-0.3, -0.25) is 72.7 Å². The van der Waals surface area contributed by atoms with Gasteiger partial charge >= 0.3 is 87.7 Å². The van der Waals surface area contributed by atoms with Gasteiger partial charge in [0.05, 0.1) is 71.8 Å². The van der Waals surface area contributed by atoms with Crippen molar-refractivity contribution in [2.24, 2.45) is 0 Å². The predicted molar refractivity (Wildman–Crippen MR) is 197 cm³/mol. The van der Waals surface area contributed by atoms with Crippen molar-refractivity contribution in [3.05, 3.63) is 12.3 Å². The summed E-state index contributed by atoms with van der Waals surface area (Å²) in [5.74, 6) is -8.41. The fraction of sp³-hybridized carbons (Fsp3) is 0.688. The zero-order chi connectivity index (χ0) is 42.8. The number of aliphatic hydroxyl groups is 1. The van der Waals surface area contributed by atoms with Crippen LogP contribution in [0.2, 0.25) is 0 Å². The Labute approximate surface area is 404 Å². The smallest absolute Gasteiger partial charge is 0.512 e. The molecule has 1 aliphatic heterocycles. The SMILES string of the molecule is C=C(O)CN1CCN(CC(=O)O)CCN(CC(=O)O)CCN(CC(=O)O)CC1.COC(=O)CN(CCN(CC(=O)O)CC(=O)O)CCN(CC(=O)O)CC(=O)O.[Gd+3].[Gd].[OH3+]. The van der Waals surface area contributed by atoms with Gasteiger partial charge in [-0.25, -0.2) is 0 Å². The molecule has 0 unspecified atom stereocenters. The number of carbonyl (C=O) groups is 8. The molecule has 25 nitrogen and oxygen atoms in total. The number of aliphatic hydroxyl groups excluding tert-OH is 1. The number of hydrogen-bond acceptors (Lipinski definition) is 17. The molecule has 0 bridgehead atoms. The monoisotopic (exact) mass is 1140 g/mol. The first-order chi connectivity index (χ1) is 26.2. The second-order valence-corrected chi connectivity index (χ2v) is 12.7. The van der Waals surface area contributed by atoms with Crippen molar-refractivity contribution in [2.75, 3.05) is 145 Å². The van der Waals surface area contributed by atoms with E-state index >= 15 is 0 Å². The first kappa shape index (κ1) is 63.3. The maximum absolute atomic E-state index is 11.6. The van der Waals surface area contributed by atoms with Gasteiger partial charge in [0.25, 0.3) is 0 Å². The first-order valence-electron chi connectivity index (χ1n) is 17.2. The summed E-state index contributed by atoms with van der Waals surface area (Å²) >= 11 is 0. The molecule has 1 radical (unpaired) electrons. The van der Waals surface area contributed by atoms with Crippen LogP contribution >= 0.6 is 0 Å². The Bertz CT molecular complexity index is 1150. The second-order valence-electron chi connectivity index (χ2n) is 12.7. The van der Waals surface area contributed by atoms with Gasteiger partial charge in [0.1, 0.15) is 0 Å². The number of esters is 1. The maximum atomic E-state index is 11.6. The third-order valence-corrected chi connectivity index (χ3v) is 7.89. The van der Waals surface area contributed by atoms with Crippen LogP contribution in [0.1, 0.15) is 0 Å². The Kier molecular flexibility index (Phi) is 38.9. The number of hydrogen-bond donors (Lipinski definition) is 8. The van der Waals surface area contributed by atoms with Gasteiger partial charge in [-0.15, -0.1) is 0 Å². The average Bonchev–Trinajstić information content (AvgIpc) is 3.05. The third kappa shape index (κ3) is 37.1. The number of nitrogens with zero attached hydrogens (tertiary/aromatic N) is 7. The number of aliphatic carboxylic acids is 7. The van der Waals surface area contributed by atoms with Crippen molar-refractivity contribution in [1.29, 1.82) is 0 Å². The van der Waals surface area contributed by atoms with Crippen LogP contribution in [0.4, 0.5) is 0 Å². The van der Waals surface area contributed by atoms with E-state index in [1.165, 1.54) is 12.0 Å². The Balaban J connectivity index is -0.000000488. The molecule has 0 aliphatic carbocycles. The van der Waals surface area contributed by atoms with Crippen molar-refractivity contribution in [2.45, 2.75) is 0 Å². The topological polar surface area (TPSA) is 363 Å². The quantitative estimate of drug-likeness (QED) is 0.0255. The van der Waals surface area contributed by atoms with Crippen LogP contribution < -0.4 is 0 Å². The van der Waals surface area contributed by atoms with E-state index in [2.05, 4.69) is 11.3 Å². The summed E-state index contributed by atoms with van der Waals surface area (Å²) in [5.41, 5.74) is 0. The van der Waals surface area contributed by atoms with Gasteiger partial charge in [0, 0.05) is 118 Å². The molecule has 1 fully saturated rings. The maximum Gasteiger partial charge on any atom is 3.00 e. The number of carboxylic acids is 7. The number of rotatable bonds is 24. The molecule has 1 rings (SSSR count). The van der Waals surface area contributed by atoms with Crippen LogP contribution in [-0.2, 0) is 48.6 Å². The van der Waals surface area contributed by atoms with Gasteiger partial charge < -0.3 is 51.1 Å². The van der Waals surface area contributed by atoms with E-state index in [1.54, 1.807) is 14.7 Å². The van der Waals surface area contributed by atoms with Crippen molar-refractivity contribution in [3.8, 4) is 0 Å². The minimum atomic E-state index is -1.21. The molecule has 59 heavy (non-hydrogen) atoms. The summed E-state index contributed by atoms with van der Waals surface area (Å²) in [5, 5.41) is 72.3. The molecule has 11 N–H and O–H groups in total. The Morgan fingerprint density at radius 2 is 0.695 bits per heavy atom. The van der Waals surface area contributed by atoms with Crippen molar-refractivity contribution < 1.29 is 169 Å². The van der Waals surface area contributed by atoms with Gasteiger partial charge in [0.15, 0.2) is 0 Å². The van der Waals surface area contributed by atoms with E-state index in [4.69, 9.17) is 35.7 Å². The number of ether oxygens (including phenoxy) is 1. The van der Waals surface area contributed by atoms with Gasteiger partial charge in [0.2, 0.25) is 0 Å².